The Kier molecular flexibility index (Phi) is 5.65. The number of halogens is 1. The maximum Gasteiger partial charge on any atom is 0.263 e. The fraction of sp³-hybridized carbons (Fsp3) is 0.300. The summed E-state index contributed by atoms with van der Waals surface area (Å²) in [6.07, 6.45) is 9.38. The number of amides is 1. The monoisotopic (exact) mass is 400 g/mol. The second-order valence-corrected chi connectivity index (χ2v) is 6.96. The number of nitrogens with one attached hydrogen (secondary N) is 2. The molecule has 0 aromatic carbocycles. The molecule has 3 aromatic heterocycles. The second kappa shape index (κ2) is 7.98. The van der Waals surface area contributed by atoms with Crippen molar-refractivity contribution in [3.63, 3.8) is 0 Å². The first-order valence-corrected chi connectivity index (χ1v) is 8.96. The van der Waals surface area contributed by atoms with E-state index in [0.29, 0.717) is 17.9 Å². The highest BCUT2D eigenvalue weighted by Crippen LogP contribution is 2.33. The SMILES string of the molecule is CNC(=O)c1cc(C(=O)CC2CC2)cn(Cc2c[nH]c3cnccc23)c1=O.Cl. The fourth-order valence-electron chi connectivity index (χ4n) is 3.25. The third kappa shape index (κ3) is 3.84. The molecule has 1 aliphatic rings. The van der Waals surface area contributed by atoms with Gasteiger partial charge in [0, 0.05) is 43.0 Å². The zero-order valence-corrected chi connectivity index (χ0v) is 16.2. The molecule has 1 fully saturated rings. The molecule has 1 amide bonds. The number of hydrogen-bond donors (Lipinski definition) is 2. The number of rotatable bonds is 6. The van der Waals surface area contributed by atoms with Crippen molar-refractivity contribution in [3.8, 4) is 0 Å². The number of pyridine rings is 2. The molecular weight excluding hydrogens is 380 g/mol. The van der Waals surface area contributed by atoms with Crippen LogP contribution in [-0.2, 0) is 6.54 Å². The lowest BCUT2D eigenvalue weighted by atomic mass is 10.0. The molecule has 3 aromatic rings. The zero-order valence-electron chi connectivity index (χ0n) is 15.4. The van der Waals surface area contributed by atoms with Gasteiger partial charge < -0.3 is 14.9 Å². The molecule has 4 rings (SSSR count). The lowest BCUT2D eigenvalue weighted by molar-refractivity contribution is 0.0961. The van der Waals surface area contributed by atoms with Crippen LogP contribution in [0.1, 0.15) is 45.5 Å². The molecule has 0 bridgehead atoms. The molecule has 3 heterocycles. The predicted octanol–water partition coefficient (Wildman–Crippen LogP) is 2.54. The first kappa shape index (κ1) is 19.8. The Morgan fingerprint density at radius 3 is 2.86 bits per heavy atom. The van der Waals surface area contributed by atoms with E-state index in [-0.39, 0.29) is 30.3 Å². The molecule has 0 radical (unpaired) electrons. The molecule has 1 aliphatic carbocycles. The summed E-state index contributed by atoms with van der Waals surface area (Å²) in [5.74, 6) is -0.0834. The molecule has 2 N–H and O–H groups in total. The lowest BCUT2D eigenvalue weighted by Crippen LogP contribution is -2.32. The van der Waals surface area contributed by atoms with Crippen molar-refractivity contribution in [1.29, 1.82) is 0 Å². The molecule has 0 aliphatic heterocycles. The molecule has 1 saturated carbocycles. The van der Waals surface area contributed by atoms with Gasteiger partial charge in [0.1, 0.15) is 5.56 Å². The van der Waals surface area contributed by atoms with Crippen molar-refractivity contribution >= 4 is 35.0 Å². The topological polar surface area (TPSA) is 96.8 Å². The predicted molar refractivity (Wildman–Crippen MR) is 108 cm³/mol. The normalized spacial score (nSPS) is 13.2. The van der Waals surface area contributed by atoms with Crippen LogP contribution in [-0.4, -0.2) is 33.3 Å². The Morgan fingerprint density at radius 2 is 2.14 bits per heavy atom. The Hall–Kier alpha value is -2.93. The van der Waals surface area contributed by atoms with Crippen LogP contribution < -0.4 is 10.9 Å². The van der Waals surface area contributed by atoms with Crippen LogP contribution in [0.5, 0.6) is 0 Å². The van der Waals surface area contributed by atoms with Crippen molar-refractivity contribution in [3.05, 3.63) is 64.0 Å². The average Bonchev–Trinajstić information content (AvgIpc) is 3.41. The van der Waals surface area contributed by atoms with Crippen LogP contribution in [0.25, 0.3) is 10.9 Å². The molecule has 7 nitrogen and oxygen atoms in total. The van der Waals surface area contributed by atoms with Gasteiger partial charge in [-0.3, -0.25) is 19.4 Å². The number of aromatic nitrogens is 3. The summed E-state index contributed by atoms with van der Waals surface area (Å²) in [7, 11) is 1.47. The number of fused-ring (bicyclic) bond motifs is 1. The summed E-state index contributed by atoms with van der Waals surface area (Å²) in [6.45, 7) is 0.261. The van der Waals surface area contributed by atoms with Gasteiger partial charge >= 0.3 is 0 Å². The third-order valence-electron chi connectivity index (χ3n) is 4.96. The van der Waals surface area contributed by atoms with Crippen LogP contribution in [0.3, 0.4) is 0 Å². The number of ketones is 1. The highest BCUT2D eigenvalue weighted by molar-refractivity contribution is 6.00. The second-order valence-electron chi connectivity index (χ2n) is 6.96. The molecule has 0 spiro atoms. The Balaban J connectivity index is 0.00000225. The molecule has 8 heteroatoms. The highest BCUT2D eigenvalue weighted by Gasteiger charge is 2.26. The molecule has 0 saturated heterocycles. The summed E-state index contributed by atoms with van der Waals surface area (Å²) in [5, 5.41) is 3.43. The minimum Gasteiger partial charge on any atom is -0.360 e. The Bertz CT molecular complexity index is 1100. The number of hydrogen-bond acceptors (Lipinski definition) is 4. The van der Waals surface area contributed by atoms with E-state index < -0.39 is 11.5 Å². The lowest BCUT2D eigenvalue weighted by Gasteiger charge is -2.11. The zero-order chi connectivity index (χ0) is 19.0. The number of carbonyl (C=O) groups excluding carboxylic acids is 2. The van der Waals surface area contributed by atoms with Gasteiger partial charge in [0.25, 0.3) is 11.5 Å². The van der Waals surface area contributed by atoms with E-state index in [1.54, 1.807) is 18.6 Å². The average molecular weight is 401 g/mol. The number of Topliss-reactive ketones (excluding diaryl/α,β-unsaturated/α-hetero) is 1. The molecule has 0 atom stereocenters. The van der Waals surface area contributed by atoms with Gasteiger partial charge in [0.15, 0.2) is 5.78 Å². The minimum absolute atomic E-state index is 0. The van der Waals surface area contributed by atoms with E-state index in [1.807, 2.05) is 12.3 Å². The van der Waals surface area contributed by atoms with Gasteiger partial charge in [-0.05, 0) is 36.5 Å². The maximum atomic E-state index is 12.8. The maximum absolute atomic E-state index is 12.8. The van der Waals surface area contributed by atoms with E-state index in [9.17, 15) is 14.4 Å². The first-order valence-electron chi connectivity index (χ1n) is 8.96. The third-order valence-corrected chi connectivity index (χ3v) is 4.96. The van der Waals surface area contributed by atoms with Crippen LogP contribution in [0.2, 0.25) is 0 Å². The molecular formula is C20H21ClN4O3. The highest BCUT2D eigenvalue weighted by atomic mass is 35.5. The Labute approximate surface area is 167 Å². The van der Waals surface area contributed by atoms with Crippen LogP contribution in [0.15, 0.2) is 41.7 Å². The fourth-order valence-corrected chi connectivity index (χ4v) is 3.25. The molecule has 0 unspecified atom stereocenters. The number of aromatic amines is 1. The number of H-pyrrole nitrogens is 1. The van der Waals surface area contributed by atoms with Gasteiger partial charge in [0.05, 0.1) is 18.3 Å². The van der Waals surface area contributed by atoms with E-state index in [1.165, 1.54) is 17.7 Å². The smallest absolute Gasteiger partial charge is 0.263 e. The standard InChI is InChI=1S/C20H20N4O3.ClH/c1-21-19(26)16-7-13(18(25)6-12-2-3-12)10-24(20(16)27)11-14-8-23-17-9-22-5-4-15(14)17;/h4-5,7-10,12,23H,2-3,6,11H2,1H3,(H,21,26);1H. The summed E-state index contributed by atoms with van der Waals surface area (Å²) in [5.41, 5.74) is 1.74. The summed E-state index contributed by atoms with van der Waals surface area (Å²) < 4.78 is 1.44. The van der Waals surface area contributed by atoms with Crippen molar-refractivity contribution in [2.45, 2.75) is 25.8 Å². The van der Waals surface area contributed by atoms with Crippen LogP contribution in [0.4, 0.5) is 0 Å². The van der Waals surface area contributed by atoms with Crippen LogP contribution >= 0.6 is 12.4 Å². The van der Waals surface area contributed by atoms with Gasteiger partial charge in [-0.1, -0.05) is 0 Å². The summed E-state index contributed by atoms with van der Waals surface area (Å²) in [6, 6.07) is 3.29. The number of nitrogens with zero attached hydrogens (tertiary/aromatic N) is 2. The van der Waals surface area contributed by atoms with Gasteiger partial charge in [0.2, 0.25) is 0 Å². The number of carbonyl (C=O) groups is 2. The van der Waals surface area contributed by atoms with Crippen LogP contribution in [0, 0.1) is 5.92 Å². The van der Waals surface area contributed by atoms with Gasteiger partial charge in [-0.25, -0.2) is 0 Å². The van der Waals surface area contributed by atoms with Crippen molar-refractivity contribution in [2.75, 3.05) is 7.05 Å². The Morgan fingerprint density at radius 1 is 1.36 bits per heavy atom. The minimum atomic E-state index is -0.488. The summed E-state index contributed by atoms with van der Waals surface area (Å²) >= 11 is 0. The molecule has 28 heavy (non-hydrogen) atoms. The van der Waals surface area contributed by atoms with E-state index in [2.05, 4.69) is 15.3 Å². The van der Waals surface area contributed by atoms with Crippen molar-refractivity contribution in [2.24, 2.45) is 5.92 Å². The van der Waals surface area contributed by atoms with E-state index >= 15 is 0 Å². The van der Waals surface area contributed by atoms with Gasteiger partial charge in [-0.15, -0.1) is 12.4 Å². The molecule has 146 valence electrons. The van der Waals surface area contributed by atoms with E-state index in [4.69, 9.17) is 0 Å². The van der Waals surface area contributed by atoms with E-state index in [0.717, 1.165) is 29.3 Å². The summed E-state index contributed by atoms with van der Waals surface area (Å²) in [4.78, 5) is 44.7. The van der Waals surface area contributed by atoms with Gasteiger partial charge in [-0.2, -0.15) is 0 Å². The first-order chi connectivity index (χ1) is 13.1. The largest absolute Gasteiger partial charge is 0.360 e. The van der Waals surface area contributed by atoms with Crippen molar-refractivity contribution < 1.29 is 9.59 Å². The quantitative estimate of drug-likeness (QED) is 0.621. The van der Waals surface area contributed by atoms with Crippen molar-refractivity contribution in [1.82, 2.24) is 19.9 Å².